The second-order valence-electron chi connectivity index (χ2n) is 6.45. The Kier molecular flexibility index (Phi) is 5.60. The van der Waals surface area contributed by atoms with Gasteiger partial charge in [-0.1, -0.05) is 39.4 Å². The molecule has 152 valence electrons. The minimum Gasteiger partial charge on any atom is -0.481 e. The molecule has 0 aliphatic carbocycles. The number of hydrogen-bond donors (Lipinski definition) is 1. The highest BCUT2D eigenvalue weighted by Crippen LogP contribution is 2.26. The Hall–Kier alpha value is -3.11. The maximum absolute atomic E-state index is 12.5. The molecule has 30 heavy (non-hydrogen) atoms. The van der Waals surface area contributed by atoms with Gasteiger partial charge in [-0.25, -0.2) is 0 Å². The van der Waals surface area contributed by atoms with E-state index in [4.69, 9.17) is 4.74 Å². The van der Waals surface area contributed by atoms with Crippen molar-refractivity contribution in [1.82, 2.24) is 15.1 Å². The molecule has 1 aromatic heterocycles. The second kappa shape index (κ2) is 8.33. The first-order chi connectivity index (χ1) is 14.4. The summed E-state index contributed by atoms with van der Waals surface area (Å²) in [6, 6.07) is 13.8. The van der Waals surface area contributed by atoms with Crippen LogP contribution in [0.25, 0.3) is 0 Å². The quantitative estimate of drug-likeness (QED) is 0.535. The number of nitrogens with one attached hydrogen (secondary N) is 1. The summed E-state index contributed by atoms with van der Waals surface area (Å²) in [5.74, 6) is -0.563. The summed E-state index contributed by atoms with van der Waals surface area (Å²) in [6.07, 6.45) is -0.755. The van der Waals surface area contributed by atoms with Crippen LogP contribution in [0.15, 0.2) is 53.0 Å². The Bertz CT molecular complexity index is 1100. The number of hydrogen-bond acceptors (Lipinski definition) is 7. The average Bonchev–Trinajstić information content (AvgIpc) is 3.28. The third-order valence-electron chi connectivity index (χ3n) is 4.36. The topological polar surface area (TPSA) is 101 Å². The van der Waals surface area contributed by atoms with E-state index >= 15 is 0 Å². The van der Waals surface area contributed by atoms with Crippen molar-refractivity contribution < 1.29 is 19.1 Å². The van der Waals surface area contributed by atoms with Crippen molar-refractivity contribution in [2.45, 2.75) is 19.6 Å². The Morgan fingerprint density at radius 2 is 1.73 bits per heavy atom. The first-order valence-electron chi connectivity index (χ1n) is 8.93. The van der Waals surface area contributed by atoms with Crippen molar-refractivity contribution >= 4 is 50.1 Å². The average molecular weight is 487 g/mol. The van der Waals surface area contributed by atoms with Crippen molar-refractivity contribution in [2.75, 3.05) is 5.32 Å². The van der Waals surface area contributed by atoms with E-state index in [2.05, 4.69) is 31.4 Å². The van der Waals surface area contributed by atoms with Crippen molar-refractivity contribution in [2.24, 2.45) is 0 Å². The number of aromatic nitrogens is 2. The highest BCUT2D eigenvalue weighted by Gasteiger charge is 2.35. The molecular formula is C20H15BrN4O4S. The fourth-order valence-electron chi connectivity index (χ4n) is 2.86. The van der Waals surface area contributed by atoms with Gasteiger partial charge in [0, 0.05) is 4.47 Å². The molecular weight excluding hydrogens is 472 g/mol. The monoisotopic (exact) mass is 486 g/mol. The lowest BCUT2D eigenvalue weighted by molar-refractivity contribution is -0.122. The second-order valence-corrected chi connectivity index (χ2v) is 8.42. The molecule has 1 atom stereocenters. The summed E-state index contributed by atoms with van der Waals surface area (Å²) < 4.78 is 6.52. The van der Waals surface area contributed by atoms with Crippen LogP contribution in [0.4, 0.5) is 5.13 Å². The maximum atomic E-state index is 12.5. The number of carbonyl (C=O) groups excluding carboxylic acids is 3. The van der Waals surface area contributed by atoms with Crippen molar-refractivity contribution in [3.63, 3.8) is 0 Å². The molecule has 0 bridgehead atoms. The standard InChI is InChI=1S/C20H15BrN4O4S/c1-11(29-13-8-6-12(21)7-9-13)17(26)22-20-24-23-16(30-20)10-25-18(27)14-4-2-3-5-15(14)19(25)28/h2-9,11H,10H2,1H3,(H,22,24,26). The number of halogens is 1. The number of fused-ring (bicyclic) bond motifs is 1. The van der Waals surface area contributed by atoms with Gasteiger partial charge in [0.15, 0.2) is 6.10 Å². The van der Waals surface area contributed by atoms with E-state index < -0.39 is 6.10 Å². The minimum atomic E-state index is -0.755. The van der Waals surface area contributed by atoms with Crippen LogP contribution in [0.1, 0.15) is 32.6 Å². The fourth-order valence-corrected chi connectivity index (χ4v) is 3.86. The summed E-state index contributed by atoms with van der Waals surface area (Å²) in [5, 5.41) is 11.2. The van der Waals surface area contributed by atoms with Crippen LogP contribution >= 0.6 is 27.3 Å². The van der Waals surface area contributed by atoms with Gasteiger partial charge in [-0.3, -0.25) is 24.6 Å². The van der Waals surface area contributed by atoms with Gasteiger partial charge >= 0.3 is 0 Å². The van der Waals surface area contributed by atoms with Gasteiger partial charge < -0.3 is 4.74 Å². The zero-order valence-electron chi connectivity index (χ0n) is 15.7. The van der Waals surface area contributed by atoms with Gasteiger partial charge in [0.1, 0.15) is 10.8 Å². The number of carbonyl (C=O) groups is 3. The third-order valence-corrected chi connectivity index (χ3v) is 5.72. The van der Waals surface area contributed by atoms with E-state index in [1.807, 2.05) is 12.1 Å². The van der Waals surface area contributed by atoms with E-state index in [9.17, 15) is 14.4 Å². The van der Waals surface area contributed by atoms with Gasteiger partial charge in [0.25, 0.3) is 17.7 Å². The van der Waals surface area contributed by atoms with Gasteiger partial charge in [-0.15, -0.1) is 10.2 Å². The molecule has 3 aromatic rings. The molecule has 0 spiro atoms. The van der Waals surface area contributed by atoms with Crippen molar-refractivity contribution in [1.29, 1.82) is 0 Å². The molecule has 0 saturated carbocycles. The van der Waals surface area contributed by atoms with E-state index in [0.29, 0.717) is 21.9 Å². The normalized spacial score (nSPS) is 13.9. The number of amides is 3. The van der Waals surface area contributed by atoms with Crippen molar-refractivity contribution in [3.05, 3.63) is 69.1 Å². The molecule has 8 nitrogen and oxygen atoms in total. The zero-order valence-corrected chi connectivity index (χ0v) is 18.1. The number of nitrogens with zero attached hydrogens (tertiary/aromatic N) is 3. The van der Waals surface area contributed by atoms with E-state index in [1.54, 1.807) is 43.3 Å². The highest BCUT2D eigenvalue weighted by atomic mass is 79.9. The Morgan fingerprint density at radius 1 is 1.10 bits per heavy atom. The Labute approximate surface area is 184 Å². The SMILES string of the molecule is CC(Oc1ccc(Br)cc1)C(=O)Nc1nnc(CN2C(=O)c3ccccc3C2=O)s1. The molecule has 0 radical (unpaired) electrons. The van der Waals surface area contributed by atoms with Gasteiger partial charge in [0.2, 0.25) is 5.13 Å². The molecule has 1 aliphatic heterocycles. The number of rotatable bonds is 6. The van der Waals surface area contributed by atoms with Crippen LogP contribution in [0, 0.1) is 0 Å². The molecule has 2 heterocycles. The number of imide groups is 1. The summed E-state index contributed by atoms with van der Waals surface area (Å²) in [5.41, 5.74) is 0.749. The summed E-state index contributed by atoms with van der Waals surface area (Å²) in [6.45, 7) is 1.61. The van der Waals surface area contributed by atoms with Crippen LogP contribution in [0.5, 0.6) is 5.75 Å². The van der Waals surface area contributed by atoms with Gasteiger partial charge in [-0.2, -0.15) is 0 Å². The van der Waals surface area contributed by atoms with Crippen molar-refractivity contribution in [3.8, 4) is 5.75 Å². The largest absolute Gasteiger partial charge is 0.481 e. The number of ether oxygens (including phenoxy) is 1. The lowest BCUT2D eigenvalue weighted by atomic mass is 10.1. The zero-order chi connectivity index (χ0) is 21.3. The van der Waals surface area contributed by atoms with E-state index in [1.165, 1.54) is 0 Å². The lowest BCUT2D eigenvalue weighted by Gasteiger charge is -2.13. The maximum Gasteiger partial charge on any atom is 0.266 e. The minimum absolute atomic E-state index is 0.00910. The number of benzene rings is 2. The Morgan fingerprint density at radius 3 is 2.37 bits per heavy atom. The summed E-state index contributed by atoms with van der Waals surface area (Å²) >= 11 is 4.43. The van der Waals surface area contributed by atoms with Crippen LogP contribution < -0.4 is 10.1 Å². The molecule has 1 N–H and O–H groups in total. The predicted octanol–water partition coefficient (Wildman–Crippen LogP) is 3.50. The van der Waals surface area contributed by atoms with E-state index in [-0.39, 0.29) is 29.4 Å². The van der Waals surface area contributed by atoms with Crippen LogP contribution in [0.2, 0.25) is 0 Å². The van der Waals surface area contributed by atoms with Gasteiger partial charge in [0.05, 0.1) is 17.7 Å². The molecule has 1 unspecified atom stereocenters. The predicted molar refractivity (Wildman–Crippen MR) is 113 cm³/mol. The molecule has 4 rings (SSSR count). The van der Waals surface area contributed by atoms with Gasteiger partial charge in [-0.05, 0) is 43.3 Å². The summed E-state index contributed by atoms with van der Waals surface area (Å²) in [7, 11) is 0. The molecule has 3 amide bonds. The van der Waals surface area contributed by atoms with Crippen LogP contribution in [0.3, 0.4) is 0 Å². The third kappa shape index (κ3) is 4.10. The lowest BCUT2D eigenvalue weighted by Crippen LogP contribution is -2.30. The summed E-state index contributed by atoms with van der Waals surface area (Å²) in [4.78, 5) is 38.4. The first kappa shape index (κ1) is 20.2. The fraction of sp³-hybridized carbons (Fsp3) is 0.150. The Balaban J connectivity index is 1.37. The highest BCUT2D eigenvalue weighted by molar-refractivity contribution is 9.10. The molecule has 0 saturated heterocycles. The molecule has 2 aromatic carbocycles. The molecule has 1 aliphatic rings. The number of anilines is 1. The smallest absolute Gasteiger partial charge is 0.266 e. The van der Waals surface area contributed by atoms with E-state index in [0.717, 1.165) is 20.7 Å². The van der Waals surface area contributed by atoms with Crippen LogP contribution in [-0.4, -0.2) is 38.9 Å². The molecule has 10 heteroatoms. The van der Waals surface area contributed by atoms with Crippen LogP contribution in [-0.2, 0) is 11.3 Å². The molecule has 0 fully saturated rings. The first-order valence-corrected chi connectivity index (χ1v) is 10.5.